The fourth-order valence-corrected chi connectivity index (χ4v) is 5.95. The van der Waals surface area contributed by atoms with Gasteiger partial charge >= 0.3 is 0 Å². The van der Waals surface area contributed by atoms with Crippen molar-refractivity contribution in [3.8, 4) is 0 Å². The minimum absolute atomic E-state index is 0.135. The fourth-order valence-electron chi connectivity index (χ4n) is 5.95. The van der Waals surface area contributed by atoms with Gasteiger partial charge < -0.3 is 93.5 Å². The largest absolute Gasteiger partial charge is 0.394 e. The van der Waals surface area contributed by atoms with E-state index in [1.54, 1.807) is 6.92 Å². The van der Waals surface area contributed by atoms with Crippen LogP contribution >= 0.6 is 0 Å². The lowest BCUT2D eigenvalue weighted by Gasteiger charge is -2.46. The molecule has 0 radical (unpaired) electrons. The molecule has 0 aromatic heterocycles. The van der Waals surface area contributed by atoms with Crippen LogP contribution in [0.5, 0.6) is 0 Å². The van der Waals surface area contributed by atoms with Crippen molar-refractivity contribution in [2.24, 2.45) is 34.4 Å². The highest BCUT2D eigenvalue weighted by molar-refractivity contribution is 5.01. The van der Waals surface area contributed by atoms with E-state index < -0.39 is 123 Å². The SMILES string of the molecule is C[C@H](N)[C@H]1O[C@H](O[C@H]2[C@H](O[C@@H]3O[C@H](CO)[C@@H](OC4O[C@@H](CN)[C@@H](O)[C@H](O)[C@H]4N)[C@H]3O)[C@@H](O)[C@H](N)C[C@@H]2N)[C@H](N)C[C@@H]1O. The Hall–Kier alpha value is -0.720. The van der Waals surface area contributed by atoms with Gasteiger partial charge in [0.2, 0.25) is 0 Å². The predicted molar refractivity (Wildman–Crippen MR) is 142 cm³/mol. The third-order valence-electron chi connectivity index (χ3n) is 8.44. The van der Waals surface area contributed by atoms with E-state index in [0.717, 1.165) is 0 Å². The molecule has 18 N–H and O–H groups in total. The van der Waals surface area contributed by atoms with E-state index in [1.807, 2.05) is 0 Å². The van der Waals surface area contributed by atoms with Crippen LogP contribution < -0.4 is 34.4 Å². The molecule has 4 aliphatic rings. The van der Waals surface area contributed by atoms with Gasteiger partial charge in [-0.25, -0.2) is 0 Å². The topological polar surface area (TPSA) is 333 Å². The quantitative estimate of drug-likeness (QED) is 0.115. The van der Waals surface area contributed by atoms with Crippen LogP contribution in [0.15, 0.2) is 0 Å². The molecule has 4 rings (SSSR count). The summed E-state index contributed by atoms with van der Waals surface area (Å²) in [6.07, 6.45) is -16.7. The van der Waals surface area contributed by atoms with Gasteiger partial charge in [-0.1, -0.05) is 0 Å². The number of rotatable bonds is 9. The van der Waals surface area contributed by atoms with Gasteiger partial charge in [-0.15, -0.1) is 0 Å². The first kappa shape index (κ1) is 34.2. The van der Waals surface area contributed by atoms with Crippen LogP contribution in [-0.4, -0.2) is 160 Å². The van der Waals surface area contributed by atoms with E-state index in [4.69, 9.17) is 62.8 Å². The van der Waals surface area contributed by atoms with Crippen molar-refractivity contribution in [1.29, 1.82) is 0 Å². The molecule has 3 aliphatic heterocycles. The Kier molecular flexibility index (Phi) is 11.5. The molecular weight excluding hydrogens is 564 g/mol. The first-order valence-electron chi connectivity index (χ1n) is 14.2. The van der Waals surface area contributed by atoms with Crippen molar-refractivity contribution in [2.75, 3.05) is 13.2 Å². The van der Waals surface area contributed by atoms with E-state index in [1.165, 1.54) is 0 Å². The predicted octanol–water partition coefficient (Wildman–Crippen LogP) is -7.48. The zero-order chi connectivity index (χ0) is 31.0. The summed E-state index contributed by atoms with van der Waals surface area (Å²) in [6.45, 7) is 0.901. The summed E-state index contributed by atoms with van der Waals surface area (Å²) < 4.78 is 35.1. The highest BCUT2D eigenvalue weighted by Gasteiger charge is 2.54. The van der Waals surface area contributed by atoms with Crippen LogP contribution in [0.1, 0.15) is 19.8 Å². The Morgan fingerprint density at radius 1 is 0.690 bits per heavy atom. The standard InChI is InChI=1S/C24H48N6O12/c1-6(26)18-10(32)3-9(29)22(39-18)40-19-8(28)2-7(27)14(33)21(19)42-24-17(36)20(12(5-31)38-24)41-23-13(30)16(35)15(34)11(4-25)37-23/h6-24,31-36H,2-5,25-30H2,1H3/t6-,7+,8-,9+,10-,11-,12+,13+,14-,15+,16+,17+,18+,19+,20+,21+,22+,23?,24-/m0/s1. The van der Waals surface area contributed by atoms with Crippen molar-refractivity contribution < 1.29 is 59.1 Å². The van der Waals surface area contributed by atoms with Crippen molar-refractivity contribution in [3.63, 3.8) is 0 Å². The molecule has 1 saturated carbocycles. The van der Waals surface area contributed by atoms with Gasteiger partial charge in [-0.3, -0.25) is 0 Å². The van der Waals surface area contributed by atoms with Crippen molar-refractivity contribution in [3.05, 3.63) is 0 Å². The Morgan fingerprint density at radius 2 is 1.31 bits per heavy atom. The number of hydrogen-bond acceptors (Lipinski definition) is 18. The maximum atomic E-state index is 11.1. The van der Waals surface area contributed by atoms with Crippen molar-refractivity contribution in [2.45, 2.75) is 136 Å². The summed E-state index contributed by atoms with van der Waals surface area (Å²) in [4.78, 5) is 0. The lowest BCUT2D eigenvalue weighted by Crippen LogP contribution is -2.66. The number of hydrogen-bond donors (Lipinski definition) is 12. The average Bonchev–Trinajstić information content (AvgIpc) is 3.23. The summed E-state index contributed by atoms with van der Waals surface area (Å²) in [5, 5.41) is 62.9. The first-order valence-corrected chi connectivity index (χ1v) is 14.2. The molecule has 18 heteroatoms. The van der Waals surface area contributed by atoms with Gasteiger partial charge in [0.1, 0.15) is 54.9 Å². The third kappa shape index (κ3) is 6.91. The number of nitrogens with two attached hydrogens (primary N) is 6. The zero-order valence-corrected chi connectivity index (χ0v) is 23.4. The van der Waals surface area contributed by atoms with Gasteiger partial charge in [0.05, 0.1) is 30.9 Å². The molecule has 1 unspecified atom stereocenters. The van der Waals surface area contributed by atoms with Crippen LogP contribution in [0.4, 0.5) is 0 Å². The van der Waals surface area contributed by atoms with Gasteiger partial charge in [-0.05, 0) is 19.8 Å². The third-order valence-corrected chi connectivity index (χ3v) is 8.44. The minimum Gasteiger partial charge on any atom is -0.394 e. The molecule has 0 aromatic carbocycles. The summed E-state index contributed by atoms with van der Waals surface area (Å²) in [5.74, 6) is 0. The van der Waals surface area contributed by atoms with E-state index in [0.29, 0.717) is 0 Å². The molecule has 19 atom stereocenters. The molecule has 0 amide bonds. The molecule has 4 fully saturated rings. The normalized spacial score (nSPS) is 52.8. The van der Waals surface area contributed by atoms with Gasteiger partial charge in [0.25, 0.3) is 0 Å². The summed E-state index contributed by atoms with van der Waals surface area (Å²) in [5.41, 5.74) is 36.2. The van der Waals surface area contributed by atoms with Crippen LogP contribution in [0.2, 0.25) is 0 Å². The number of ether oxygens (including phenoxy) is 6. The lowest BCUT2D eigenvalue weighted by atomic mass is 9.84. The fraction of sp³-hybridized carbons (Fsp3) is 1.00. The maximum Gasteiger partial charge on any atom is 0.187 e. The molecule has 18 nitrogen and oxygen atoms in total. The van der Waals surface area contributed by atoms with Crippen LogP contribution in [0, 0.1) is 0 Å². The van der Waals surface area contributed by atoms with Crippen LogP contribution in [-0.2, 0) is 28.4 Å². The summed E-state index contributed by atoms with van der Waals surface area (Å²) in [7, 11) is 0. The minimum atomic E-state index is -1.56. The Labute approximate surface area is 243 Å². The molecule has 0 spiro atoms. The summed E-state index contributed by atoms with van der Waals surface area (Å²) in [6, 6.07) is -4.10. The van der Waals surface area contributed by atoms with E-state index in [-0.39, 0.29) is 19.4 Å². The second kappa shape index (κ2) is 14.1. The second-order valence-corrected chi connectivity index (χ2v) is 11.7. The van der Waals surface area contributed by atoms with Crippen LogP contribution in [0.25, 0.3) is 0 Å². The molecule has 3 saturated heterocycles. The molecule has 42 heavy (non-hydrogen) atoms. The average molecular weight is 613 g/mol. The highest BCUT2D eigenvalue weighted by atomic mass is 16.8. The first-order chi connectivity index (χ1) is 19.8. The second-order valence-electron chi connectivity index (χ2n) is 11.7. The van der Waals surface area contributed by atoms with Gasteiger partial charge in [0.15, 0.2) is 18.9 Å². The Bertz CT molecular complexity index is 867. The van der Waals surface area contributed by atoms with Gasteiger partial charge in [0, 0.05) is 24.7 Å². The lowest BCUT2D eigenvalue weighted by molar-refractivity contribution is -0.297. The maximum absolute atomic E-state index is 11.1. The van der Waals surface area contributed by atoms with E-state index in [9.17, 15) is 30.6 Å². The smallest absolute Gasteiger partial charge is 0.187 e. The van der Waals surface area contributed by atoms with E-state index >= 15 is 0 Å². The molecule has 1 aliphatic carbocycles. The Balaban J connectivity index is 1.49. The monoisotopic (exact) mass is 612 g/mol. The highest BCUT2D eigenvalue weighted by Crippen LogP contribution is 2.34. The van der Waals surface area contributed by atoms with Crippen LogP contribution in [0.3, 0.4) is 0 Å². The number of aliphatic hydroxyl groups excluding tert-OH is 6. The summed E-state index contributed by atoms with van der Waals surface area (Å²) >= 11 is 0. The molecule has 0 aromatic rings. The van der Waals surface area contributed by atoms with Gasteiger partial charge in [-0.2, -0.15) is 0 Å². The molecular formula is C24H48N6O12. The van der Waals surface area contributed by atoms with Crippen molar-refractivity contribution >= 4 is 0 Å². The molecule has 246 valence electrons. The zero-order valence-electron chi connectivity index (χ0n) is 23.4. The molecule has 0 bridgehead atoms. The number of aliphatic hydroxyl groups is 6. The van der Waals surface area contributed by atoms with Crippen molar-refractivity contribution in [1.82, 2.24) is 0 Å². The Morgan fingerprint density at radius 3 is 1.93 bits per heavy atom. The molecule has 3 heterocycles. The van der Waals surface area contributed by atoms with E-state index in [2.05, 4.69) is 0 Å².